The minimum Gasteiger partial charge on any atom is -0.399 e. The highest BCUT2D eigenvalue weighted by atomic mass is 35.5. The topological polar surface area (TPSA) is 43.1 Å². The number of hydrogen-bond donors (Lipinski definition) is 1. The maximum absolute atomic E-state index is 12.0. The van der Waals surface area contributed by atoms with Gasteiger partial charge in [-0.15, -0.1) is 0 Å². The summed E-state index contributed by atoms with van der Waals surface area (Å²) in [5, 5.41) is 0.487. The molecule has 0 unspecified atom stereocenters. The summed E-state index contributed by atoms with van der Waals surface area (Å²) < 4.78 is 0. The van der Waals surface area contributed by atoms with Gasteiger partial charge in [0, 0.05) is 17.7 Å². The van der Waals surface area contributed by atoms with Crippen LogP contribution in [-0.4, -0.2) is 5.78 Å². The van der Waals surface area contributed by atoms with Crippen LogP contribution in [0.15, 0.2) is 48.5 Å². The van der Waals surface area contributed by atoms with Crippen molar-refractivity contribution in [2.45, 2.75) is 6.42 Å². The molecule has 2 nitrogen and oxygen atoms in total. The van der Waals surface area contributed by atoms with E-state index in [1.807, 2.05) is 12.1 Å². The smallest absolute Gasteiger partial charge is 0.168 e. The lowest BCUT2D eigenvalue weighted by atomic mass is 10.0. The quantitative estimate of drug-likeness (QED) is 0.666. The Morgan fingerprint density at radius 1 is 1.12 bits per heavy atom. The van der Waals surface area contributed by atoms with Crippen LogP contribution in [0.1, 0.15) is 15.9 Å². The van der Waals surface area contributed by atoms with Crippen LogP contribution in [0, 0.1) is 0 Å². The van der Waals surface area contributed by atoms with E-state index in [4.69, 9.17) is 17.3 Å². The zero-order valence-corrected chi connectivity index (χ0v) is 9.95. The summed E-state index contributed by atoms with van der Waals surface area (Å²) >= 11 is 5.97. The van der Waals surface area contributed by atoms with Crippen molar-refractivity contribution in [3.63, 3.8) is 0 Å². The standard InChI is InChI=1S/C14H12ClNO/c15-13-7-2-1-6-12(13)14(17)9-10-4-3-5-11(16)8-10/h1-8H,9,16H2. The monoisotopic (exact) mass is 245 g/mol. The zero-order chi connectivity index (χ0) is 12.3. The van der Waals surface area contributed by atoms with Crippen molar-refractivity contribution < 1.29 is 4.79 Å². The second kappa shape index (κ2) is 5.02. The SMILES string of the molecule is Nc1cccc(CC(=O)c2ccccc2Cl)c1. The Morgan fingerprint density at radius 3 is 2.59 bits per heavy atom. The Kier molecular flexibility index (Phi) is 3.45. The second-order valence-corrected chi connectivity index (χ2v) is 4.23. The molecular formula is C14H12ClNO. The molecule has 0 saturated carbocycles. The largest absolute Gasteiger partial charge is 0.399 e. The lowest BCUT2D eigenvalue weighted by Crippen LogP contribution is -2.04. The van der Waals surface area contributed by atoms with Gasteiger partial charge in [-0.25, -0.2) is 0 Å². The van der Waals surface area contributed by atoms with Gasteiger partial charge < -0.3 is 5.73 Å². The molecule has 17 heavy (non-hydrogen) atoms. The predicted octanol–water partition coefficient (Wildman–Crippen LogP) is 3.35. The van der Waals surface area contributed by atoms with Crippen molar-refractivity contribution in [1.82, 2.24) is 0 Å². The highest BCUT2D eigenvalue weighted by molar-refractivity contribution is 6.34. The molecule has 2 aromatic rings. The van der Waals surface area contributed by atoms with Gasteiger partial charge in [0.05, 0.1) is 5.02 Å². The number of nitrogens with two attached hydrogens (primary N) is 1. The summed E-state index contributed by atoms with van der Waals surface area (Å²) in [6, 6.07) is 14.4. The first-order chi connectivity index (χ1) is 8.16. The number of Topliss-reactive ketones (excluding diaryl/α,β-unsaturated/α-hetero) is 1. The lowest BCUT2D eigenvalue weighted by Gasteiger charge is -2.04. The Morgan fingerprint density at radius 2 is 1.88 bits per heavy atom. The van der Waals surface area contributed by atoms with Crippen LogP contribution in [0.4, 0.5) is 5.69 Å². The predicted molar refractivity (Wildman–Crippen MR) is 70.3 cm³/mol. The van der Waals surface area contributed by atoms with Crippen LogP contribution in [0.3, 0.4) is 0 Å². The number of rotatable bonds is 3. The average molecular weight is 246 g/mol. The van der Waals surface area contributed by atoms with E-state index in [-0.39, 0.29) is 5.78 Å². The van der Waals surface area contributed by atoms with Gasteiger partial charge in [0.2, 0.25) is 0 Å². The van der Waals surface area contributed by atoms with Crippen LogP contribution in [0.25, 0.3) is 0 Å². The Bertz CT molecular complexity index is 551. The number of halogens is 1. The van der Waals surface area contributed by atoms with Crippen molar-refractivity contribution >= 4 is 23.1 Å². The fourth-order valence-electron chi connectivity index (χ4n) is 1.67. The number of nitrogen functional groups attached to an aromatic ring is 1. The molecule has 0 aliphatic carbocycles. The average Bonchev–Trinajstić information content (AvgIpc) is 2.29. The molecular weight excluding hydrogens is 234 g/mol. The van der Waals surface area contributed by atoms with Crippen molar-refractivity contribution in [2.24, 2.45) is 0 Å². The summed E-state index contributed by atoms with van der Waals surface area (Å²) in [6.45, 7) is 0. The van der Waals surface area contributed by atoms with Crippen LogP contribution in [0.2, 0.25) is 5.02 Å². The van der Waals surface area contributed by atoms with Crippen LogP contribution < -0.4 is 5.73 Å². The van der Waals surface area contributed by atoms with Gasteiger partial charge in [-0.2, -0.15) is 0 Å². The van der Waals surface area contributed by atoms with Gasteiger partial charge in [0.15, 0.2) is 5.78 Å². The van der Waals surface area contributed by atoms with E-state index < -0.39 is 0 Å². The Hall–Kier alpha value is -1.80. The first-order valence-corrected chi connectivity index (χ1v) is 5.67. The number of benzene rings is 2. The fourth-order valence-corrected chi connectivity index (χ4v) is 1.91. The van der Waals surface area contributed by atoms with E-state index in [0.29, 0.717) is 22.7 Å². The highest BCUT2D eigenvalue weighted by Crippen LogP contribution is 2.18. The number of hydrogen-bond acceptors (Lipinski definition) is 2. The first kappa shape index (κ1) is 11.7. The normalized spacial score (nSPS) is 10.2. The molecule has 3 heteroatoms. The first-order valence-electron chi connectivity index (χ1n) is 5.29. The lowest BCUT2D eigenvalue weighted by molar-refractivity contribution is 0.0993. The summed E-state index contributed by atoms with van der Waals surface area (Å²) in [5.74, 6) is 0.00111. The summed E-state index contributed by atoms with van der Waals surface area (Å²) in [4.78, 5) is 12.0. The van der Waals surface area contributed by atoms with E-state index in [1.54, 1.807) is 36.4 Å². The second-order valence-electron chi connectivity index (χ2n) is 3.82. The summed E-state index contributed by atoms with van der Waals surface area (Å²) in [6.07, 6.45) is 0.314. The van der Waals surface area contributed by atoms with E-state index in [2.05, 4.69) is 0 Å². The molecule has 2 rings (SSSR count). The van der Waals surface area contributed by atoms with E-state index in [0.717, 1.165) is 5.56 Å². The number of carbonyl (C=O) groups excluding carboxylic acids is 1. The molecule has 0 atom stereocenters. The van der Waals surface area contributed by atoms with Gasteiger partial charge in [0.1, 0.15) is 0 Å². The van der Waals surface area contributed by atoms with Crippen molar-refractivity contribution in [1.29, 1.82) is 0 Å². The summed E-state index contributed by atoms with van der Waals surface area (Å²) in [7, 11) is 0. The van der Waals surface area contributed by atoms with Crippen LogP contribution in [-0.2, 0) is 6.42 Å². The molecule has 0 radical (unpaired) electrons. The third-order valence-corrected chi connectivity index (χ3v) is 2.82. The molecule has 0 spiro atoms. The molecule has 0 saturated heterocycles. The maximum atomic E-state index is 12.0. The molecule has 0 bridgehead atoms. The van der Waals surface area contributed by atoms with E-state index >= 15 is 0 Å². The molecule has 0 fully saturated rings. The molecule has 0 aromatic heterocycles. The Labute approximate surface area is 105 Å². The number of carbonyl (C=O) groups is 1. The third-order valence-electron chi connectivity index (χ3n) is 2.49. The minimum atomic E-state index is 0.00111. The van der Waals surface area contributed by atoms with Crippen molar-refractivity contribution in [2.75, 3.05) is 5.73 Å². The molecule has 0 aliphatic rings. The molecule has 2 aromatic carbocycles. The van der Waals surface area contributed by atoms with Crippen LogP contribution in [0.5, 0.6) is 0 Å². The molecule has 0 heterocycles. The van der Waals surface area contributed by atoms with E-state index in [9.17, 15) is 4.79 Å². The van der Waals surface area contributed by atoms with Gasteiger partial charge in [-0.3, -0.25) is 4.79 Å². The maximum Gasteiger partial charge on any atom is 0.168 e. The molecule has 2 N–H and O–H groups in total. The molecule has 86 valence electrons. The minimum absolute atomic E-state index is 0.00111. The van der Waals surface area contributed by atoms with Crippen LogP contribution >= 0.6 is 11.6 Å². The Balaban J connectivity index is 2.20. The fraction of sp³-hybridized carbons (Fsp3) is 0.0714. The van der Waals surface area contributed by atoms with Gasteiger partial charge in [-0.1, -0.05) is 35.9 Å². The van der Waals surface area contributed by atoms with E-state index in [1.165, 1.54) is 0 Å². The third kappa shape index (κ3) is 2.86. The number of ketones is 1. The van der Waals surface area contributed by atoms with Crippen molar-refractivity contribution in [3.8, 4) is 0 Å². The molecule has 0 amide bonds. The zero-order valence-electron chi connectivity index (χ0n) is 9.19. The summed E-state index contributed by atoms with van der Waals surface area (Å²) in [5.41, 5.74) is 7.78. The van der Waals surface area contributed by atoms with Gasteiger partial charge in [-0.05, 0) is 29.8 Å². The van der Waals surface area contributed by atoms with Gasteiger partial charge >= 0.3 is 0 Å². The van der Waals surface area contributed by atoms with Gasteiger partial charge in [0.25, 0.3) is 0 Å². The van der Waals surface area contributed by atoms with Crippen molar-refractivity contribution in [3.05, 3.63) is 64.7 Å². The number of anilines is 1. The molecule has 0 aliphatic heterocycles. The highest BCUT2D eigenvalue weighted by Gasteiger charge is 2.10.